The number of carbonyl (C=O) groups is 2. The molecule has 0 aromatic carbocycles. The molecule has 0 saturated carbocycles. The van der Waals surface area contributed by atoms with E-state index in [1.54, 1.807) is 4.68 Å². The molecule has 1 N–H and O–H groups in total. The molecule has 2 aromatic heterocycles. The number of ether oxygens (including phenoxy) is 2. The van der Waals surface area contributed by atoms with Gasteiger partial charge in [0.25, 0.3) is 5.91 Å². The van der Waals surface area contributed by atoms with Gasteiger partial charge >= 0.3 is 0 Å². The molecule has 9 heteroatoms. The highest BCUT2D eigenvalue weighted by Gasteiger charge is 2.63. The fourth-order valence-corrected chi connectivity index (χ4v) is 5.92. The van der Waals surface area contributed by atoms with Crippen molar-refractivity contribution in [2.24, 2.45) is 18.9 Å². The topological polar surface area (TPSA) is 98.6 Å². The molecule has 3 aliphatic rings. The summed E-state index contributed by atoms with van der Waals surface area (Å²) in [6.45, 7) is 5.70. The fourth-order valence-electron chi connectivity index (χ4n) is 5.92. The number of methoxy groups -OCH3 is 1. The van der Waals surface area contributed by atoms with E-state index in [2.05, 4.69) is 15.4 Å². The number of hydrogen-bond donors (Lipinski definition) is 1. The molecule has 9 nitrogen and oxygen atoms in total. The molecular weight excluding hydrogens is 398 g/mol. The van der Waals surface area contributed by atoms with Crippen LogP contribution in [0.15, 0.2) is 6.07 Å². The Labute approximate surface area is 181 Å². The molecule has 2 aromatic rings. The second-order valence-corrected chi connectivity index (χ2v) is 9.17. The van der Waals surface area contributed by atoms with Crippen LogP contribution < -0.4 is 5.32 Å². The molecular formula is C22H29N5O4. The van der Waals surface area contributed by atoms with Gasteiger partial charge in [0, 0.05) is 44.8 Å². The zero-order valence-corrected chi connectivity index (χ0v) is 18.5. The number of aryl methyl sites for hydroxylation is 3. The van der Waals surface area contributed by atoms with Crippen LogP contribution in [0.3, 0.4) is 0 Å². The Hall–Kier alpha value is -2.52. The summed E-state index contributed by atoms with van der Waals surface area (Å²) in [6, 6.07) is 1.83. The number of amides is 2. The maximum Gasteiger partial charge on any atom is 0.252 e. The van der Waals surface area contributed by atoms with E-state index in [1.807, 2.05) is 31.9 Å². The number of likely N-dealkylation sites (tertiary alicyclic amines) is 1. The van der Waals surface area contributed by atoms with E-state index in [1.165, 1.54) is 7.11 Å². The first kappa shape index (κ1) is 20.4. The third-order valence-corrected chi connectivity index (χ3v) is 7.24. The smallest absolute Gasteiger partial charge is 0.252 e. The van der Waals surface area contributed by atoms with Gasteiger partial charge in [0.15, 0.2) is 5.65 Å². The van der Waals surface area contributed by atoms with Crippen molar-refractivity contribution in [3.05, 3.63) is 23.0 Å². The van der Waals surface area contributed by atoms with Crippen molar-refractivity contribution in [1.29, 1.82) is 0 Å². The average Bonchev–Trinajstić information content (AvgIpc) is 3.45. The Morgan fingerprint density at radius 2 is 2.19 bits per heavy atom. The molecule has 0 aliphatic carbocycles. The largest absolute Gasteiger partial charge is 0.375 e. The Balaban J connectivity index is 1.34. The van der Waals surface area contributed by atoms with Crippen LogP contribution in [0.1, 0.15) is 34.6 Å². The first-order chi connectivity index (χ1) is 14.8. The number of pyridine rings is 1. The van der Waals surface area contributed by atoms with E-state index < -0.39 is 0 Å². The molecule has 0 unspecified atom stereocenters. The Morgan fingerprint density at radius 1 is 1.39 bits per heavy atom. The maximum absolute atomic E-state index is 13.2. The second kappa shape index (κ2) is 7.27. The molecule has 2 bridgehead atoms. The first-order valence-corrected chi connectivity index (χ1v) is 10.9. The van der Waals surface area contributed by atoms with E-state index in [-0.39, 0.29) is 42.0 Å². The number of hydrogen-bond acceptors (Lipinski definition) is 6. The molecule has 31 heavy (non-hydrogen) atoms. The summed E-state index contributed by atoms with van der Waals surface area (Å²) in [4.78, 5) is 31.9. The molecule has 3 fully saturated rings. The number of fused-ring (bicyclic) bond motifs is 2. The normalized spacial score (nSPS) is 29.0. The monoisotopic (exact) mass is 427 g/mol. The number of aromatic nitrogens is 3. The SMILES string of the molecule is COCC(=O)N1C[C@@H]2[C@H](CNC(=O)c3cc(C)nc4c3c(C)nn4C)[C@H]3CC[C@]2(C1)O3. The van der Waals surface area contributed by atoms with Crippen molar-refractivity contribution in [1.82, 2.24) is 25.0 Å². The average molecular weight is 428 g/mol. The van der Waals surface area contributed by atoms with Gasteiger partial charge in [-0.05, 0) is 32.8 Å². The van der Waals surface area contributed by atoms with Crippen LogP contribution in [0.5, 0.6) is 0 Å². The summed E-state index contributed by atoms with van der Waals surface area (Å²) in [5.74, 6) is 0.328. The lowest BCUT2D eigenvalue weighted by molar-refractivity contribution is -0.135. The van der Waals surface area contributed by atoms with Crippen LogP contribution in [0.25, 0.3) is 11.0 Å². The minimum atomic E-state index is -0.260. The molecule has 0 radical (unpaired) electrons. The van der Waals surface area contributed by atoms with Gasteiger partial charge in [-0.25, -0.2) is 4.98 Å². The van der Waals surface area contributed by atoms with Gasteiger partial charge < -0.3 is 19.7 Å². The Bertz CT molecular complexity index is 1070. The maximum atomic E-state index is 13.2. The van der Waals surface area contributed by atoms with Gasteiger partial charge in [-0.2, -0.15) is 5.10 Å². The number of carbonyl (C=O) groups excluding carboxylic acids is 2. The molecule has 5 rings (SSSR count). The van der Waals surface area contributed by atoms with Crippen molar-refractivity contribution < 1.29 is 19.1 Å². The van der Waals surface area contributed by atoms with Crippen molar-refractivity contribution in [3.63, 3.8) is 0 Å². The van der Waals surface area contributed by atoms with Gasteiger partial charge in [-0.3, -0.25) is 14.3 Å². The number of nitrogens with one attached hydrogen (secondary N) is 1. The minimum Gasteiger partial charge on any atom is -0.375 e. The summed E-state index contributed by atoms with van der Waals surface area (Å²) in [5.41, 5.74) is 2.64. The number of rotatable bonds is 5. The molecule has 3 aliphatic heterocycles. The van der Waals surface area contributed by atoms with Crippen LogP contribution in [0, 0.1) is 25.7 Å². The molecule has 166 valence electrons. The first-order valence-electron chi connectivity index (χ1n) is 10.9. The quantitative estimate of drug-likeness (QED) is 0.764. The van der Waals surface area contributed by atoms with E-state index >= 15 is 0 Å². The van der Waals surface area contributed by atoms with Crippen LogP contribution >= 0.6 is 0 Å². The van der Waals surface area contributed by atoms with Crippen LogP contribution in [0.2, 0.25) is 0 Å². The standard InChI is InChI=1S/C22H29N5O4/c1-12-7-14(19-13(2)25-26(3)20(19)24-12)21(29)23-8-15-16-9-27(18(28)10-30-4)11-22(16)6-5-17(15)31-22/h7,15-17H,5-6,8-11H2,1-4H3,(H,23,29)/t15-,16+,17+,22+/m0/s1. The fraction of sp³-hybridized carbons (Fsp3) is 0.636. The van der Waals surface area contributed by atoms with E-state index in [0.29, 0.717) is 30.8 Å². The van der Waals surface area contributed by atoms with Crippen molar-refractivity contribution >= 4 is 22.8 Å². The van der Waals surface area contributed by atoms with E-state index in [4.69, 9.17) is 9.47 Å². The second-order valence-electron chi connectivity index (χ2n) is 9.17. The van der Waals surface area contributed by atoms with Crippen molar-refractivity contribution in [3.8, 4) is 0 Å². The Morgan fingerprint density at radius 3 is 2.97 bits per heavy atom. The summed E-state index contributed by atoms with van der Waals surface area (Å²) in [6.07, 6.45) is 2.09. The predicted molar refractivity (Wildman–Crippen MR) is 113 cm³/mol. The highest BCUT2D eigenvalue weighted by molar-refractivity contribution is 6.06. The third kappa shape index (κ3) is 3.13. The third-order valence-electron chi connectivity index (χ3n) is 7.24. The van der Waals surface area contributed by atoms with Crippen LogP contribution in [-0.4, -0.2) is 76.5 Å². The van der Waals surface area contributed by atoms with E-state index in [9.17, 15) is 9.59 Å². The summed E-state index contributed by atoms with van der Waals surface area (Å²) >= 11 is 0. The van der Waals surface area contributed by atoms with Gasteiger partial charge in [-0.15, -0.1) is 0 Å². The van der Waals surface area contributed by atoms with Gasteiger partial charge in [0.1, 0.15) is 6.61 Å². The van der Waals surface area contributed by atoms with E-state index in [0.717, 1.165) is 29.6 Å². The van der Waals surface area contributed by atoms with Crippen LogP contribution in [-0.2, 0) is 21.3 Å². The summed E-state index contributed by atoms with van der Waals surface area (Å²) in [5, 5.41) is 8.38. The minimum absolute atomic E-state index is 0.00261. The molecule has 2 amide bonds. The molecule has 3 saturated heterocycles. The molecule has 4 atom stereocenters. The molecule has 1 spiro atoms. The summed E-state index contributed by atoms with van der Waals surface area (Å²) in [7, 11) is 3.38. The highest BCUT2D eigenvalue weighted by Crippen LogP contribution is 2.54. The lowest BCUT2D eigenvalue weighted by atomic mass is 9.73. The zero-order valence-electron chi connectivity index (χ0n) is 18.5. The van der Waals surface area contributed by atoms with Gasteiger partial charge in [0.05, 0.1) is 34.9 Å². The lowest BCUT2D eigenvalue weighted by Crippen LogP contribution is -2.42. The predicted octanol–water partition coefficient (Wildman–Crippen LogP) is 0.967. The van der Waals surface area contributed by atoms with Gasteiger partial charge in [0.2, 0.25) is 5.91 Å². The van der Waals surface area contributed by atoms with Crippen LogP contribution in [0.4, 0.5) is 0 Å². The summed E-state index contributed by atoms with van der Waals surface area (Å²) < 4.78 is 13.1. The van der Waals surface area contributed by atoms with Crippen molar-refractivity contribution in [2.75, 3.05) is 33.4 Å². The lowest BCUT2D eigenvalue weighted by Gasteiger charge is -2.29. The Kier molecular flexibility index (Phi) is 4.78. The molecule has 5 heterocycles. The highest BCUT2D eigenvalue weighted by atomic mass is 16.5. The van der Waals surface area contributed by atoms with Crippen molar-refractivity contribution in [2.45, 2.75) is 38.4 Å². The zero-order chi connectivity index (χ0) is 21.9. The number of nitrogens with zero attached hydrogens (tertiary/aromatic N) is 4. The van der Waals surface area contributed by atoms with Gasteiger partial charge in [-0.1, -0.05) is 0 Å².